The molecule has 0 radical (unpaired) electrons. The maximum atomic E-state index is 13.2. The Morgan fingerprint density at radius 1 is 1.08 bits per heavy atom. The van der Waals surface area contributed by atoms with Crippen LogP contribution in [0.3, 0.4) is 0 Å². The smallest absolute Gasteiger partial charge is 0.141 e. The highest BCUT2D eigenvalue weighted by atomic mass is 79.9. The Morgan fingerprint density at radius 3 is 2.46 bits per heavy atom. The average Bonchev–Trinajstić information content (AvgIpc) is 2.84. The predicted molar refractivity (Wildman–Crippen MR) is 102 cm³/mol. The Bertz CT molecular complexity index is 914. The molecule has 0 unspecified atom stereocenters. The fraction of sp³-hybridized carbons (Fsp3) is 0.105. The van der Waals surface area contributed by atoms with Gasteiger partial charge in [-0.05, 0) is 62.4 Å². The van der Waals surface area contributed by atoms with E-state index >= 15 is 0 Å². The highest BCUT2D eigenvalue weighted by Gasteiger charge is 2.09. The van der Waals surface area contributed by atoms with Crippen LogP contribution in [-0.2, 0) is 0 Å². The number of halogens is 3. The van der Waals surface area contributed by atoms with Crippen molar-refractivity contribution < 1.29 is 4.39 Å². The Labute approximate surface area is 153 Å². The average molecular weight is 406 g/mol. The lowest BCUT2D eigenvalue weighted by atomic mass is 10.2. The third-order valence-corrected chi connectivity index (χ3v) is 4.63. The zero-order valence-electron chi connectivity index (χ0n) is 13.2. The van der Waals surface area contributed by atoms with E-state index in [1.807, 2.05) is 19.1 Å². The Hall–Kier alpha value is -1.91. The van der Waals surface area contributed by atoms with Crippen LogP contribution in [0.2, 0.25) is 5.02 Å². The first-order valence-electron chi connectivity index (χ1n) is 7.39. The number of hydrogen-bond acceptors (Lipinski definition) is 1. The van der Waals surface area contributed by atoms with Crippen LogP contribution >= 0.6 is 27.5 Å². The molecule has 122 valence electrons. The van der Waals surface area contributed by atoms with Crippen molar-refractivity contribution in [2.45, 2.75) is 13.8 Å². The van der Waals surface area contributed by atoms with Gasteiger partial charge in [0.05, 0.1) is 10.7 Å². The van der Waals surface area contributed by atoms with Gasteiger partial charge in [0, 0.05) is 33.3 Å². The molecule has 0 saturated carbocycles. The van der Waals surface area contributed by atoms with Crippen LogP contribution in [0.4, 0.5) is 10.1 Å². The summed E-state index contributed by atoms with van der Waals surface area (Å²) >= 11 is 9.25. The summed E-state index contributed by atoms with van der Waals surface area (Å²) < 4.78 is 16.4. The lowest BCUT2D eigenvalue weighted by Gasteiger charge is -2.09. The van der Waals surface area contributed by atoms with Crippen molar-refractivity contribution in [2.24, 2.45) is 4.99 Å². The van der Waals surface area contributed by atoms with Crippen molar-refractivity contribution in [3.05, 3.63) is 80.8 Å². The number of aliphatic imine (C=N–C) groups is 1. The molecular weight excluding hydrogens is 391 g/mol. The molecule has 0 aliphatic heterocycles. The number of rotatable bonds is 3. The van der Waals surface area contributed by atoms with E-state index in [0.29, 0.717) is 5.69 Å². The highest BCUT2D eigenvalue weighted by molar-refractivity contribution is 9.10. The van der Waals surface area contributed by atoms with Crippen molar-refractivity contribution in [1.29, 1.82) is 0 Å². The molecule has 0 bridgehead atoms. The van der Waals surface area contributed by atoms with Crippen molar-refractivity contribution in [1.82, 2.24) is 4.57 Å². The van der Waals surface area contributed by atoms with Gasteiger partial charge in [0.2, 0.25) is 0 Å². The first-order chi connectivity index (χ1) is 11.5. The lowest BCUT2D eigenvalue weighted by molar-refractivity contribution is 0.628. The molecule has 0 amide bonds. The maximum absolute atomic E-state index is 13.2. The molecule has 1 heterocycles. The third kappa shape index (κ3) is 3.45. The van der Waals surface area contributed by atoms with Crippen LogP contribution in [-0.4, -0.2) is 10.8 Å². The van der Waals surface area contributed by atoms with Crippen LogP contribution in [0, 0.1) is 19.7 Å². The molecule has 2 nitrogen and oxygen atoms in total. The van der Waals surface area contributed by atoms with Gasteiger partial charge in [0.15, 0.2) is 0 Å². The first-order valence-corrected chi connectivity index (χ1v) is 8.57. The summed E-state index contributed by atoms with van der Waals surface area (Å²) in [4.78, 5) is 4.40. The predicted octanol–water partition coefficient (Wildman–Crippen LogP) is 6.40. The van der Waals surface area contributed by atoms with Crippen LogP contribution < -0.4 is 0 Å². The summed E-state index contributed by atoms with van der Waals surface area (Å²) in [5, 5.41) is 0.0741. The molecule has 2 aromatic carbocycles. The van der Waals surface area contributed by atoms with Gasteiger partial charge in [0.1, 0.15) is 5.82 Å². The van der Waals surface area contributed by atoms with Crippen LogP contribution in [0.5, 0.6) is 0 Å². The van der Waals surface area contributed by atoms with E-state index in [1.165, 1.54) is 12.1 Å². The van der Waals surface area contributed by atoms with E-state index in [0.717, 1.165) is 27.1 Å². The largest absolute Gasteiger partial charge is 0.318 e. The first kappa shape index (κ1) is 16.9. The molecular formula is C19H15BrClFN2. The fourth-order valence-corrected chi connectivity index (χ4v) is 3.05. The van der Waals surface area contributed by atoms with Crippen molar-refractivity contribution >= 4 is 39.4 Å². The summed E-state index contributed by atoms with van der Waals surface area (Å²) in [5.74, 6) is -0.441. The standard InChI is InChI=1S/C19H15BrClFN2/c1-12-9-14(11-23-16-5-8-19(22)18(21)10-16)13(2)24(12)17-6-3-15(20)4-7-17/h3-11H,1-2H3. The fourth-order valence-electron chi connectivity index (χ4n) is 2.62. The van der Waals surface area contributed by atoms with E-state index in [2.05, 4.69) is 50.6 Å². The number of benzene rings is 2. The summed E-state index contributed by atoms with van der Waals surface area (Å²) in [6.45, 7) is 4.11. The van der Waals surface area contributed by atoms with Gasteiger partial charge >= 0.3 is 0 Å². The van der Waals surface area contributed by atoms with Gasteiger partial charge in [-0.25, -0.2) is 4.39 Å². The Morgan fingerprint density at radius 2 is 1.79 bits per heavy atom. The molecule has 0 aliphatic rings. The number of hydrogen-bond donors (Lipinski definition) is 0. The maximum Gasteiger partial charge on any atom is 0.141 e. The summed E-state index contributed by atoms with van der Waals surface area (Å²) in [7, 11) is 0. The SMILES string of the molecule is Cc1cc(C=Nc2ccc(F)c(Cl)c2)c(C)n1-c1ccc(Br)cc1. The molecule has 0 N–H and O–H groups in total. The number of aryl methyl sites for hydroxylation is 1. The van der Waals surface area contributed by atoms with E-state index in [9.17, 15) is 4.39 Å². The quantitative estimate of drug-likeness (QED) is 0.449. The van der Waals surface area contributed by atoms with Crippen LogP contribution in [0.25, 0.3) is 5.69 Å². The summed E-state index contributed by atoms with van der Waals surface area (Å²) in [5.41, 5.74) is 4.93. The van der Waals surface area contributed by atoms with E-state index in [1.54, 1.807) is 12.3 Å². The van der Waals surface area contributed by atoms with Gasteiger partial charge in [-0.2, -0.15) is 0 Å². The zero-order chi connectivity index (χ0) is 17.3. The molecule has 1 aromatic heterocycles. The van der Waals surface area contributed by atoms with Gasteiger partial charge in [-0.3, -0.25) is 4.99 Å². The monoisotopic (exact) mass is 404 g/mol. The van der Waals surface area contributed by atoms with E-state index in [-0.39, 0.29) is 5.02 Å². The minimum atomic E-state index is -0.441. The Kier molecular flexibility index (Phi) is 4.88. The second-order valence-electron chi connectivity index (χ2n) is 5.49. The number of nitrogens with zero attached hydrogens (tertiary/aromatic N) is 2. The van der Waals surface area contributed by atoms with Crippen molar-refractivity contribution in [3.8, 4) is 5.69 Å². The van der Waals surface area contributed by atoms with E-state index < -0.39 is 5.82 Å². The van der Waals surface area contributed by atoms with Gasteiger partial charge in [-0.15, -0.1) is 0 Å². The second-order valence-corrected chi connectivity index (χ2v) is 6.82. The Balaban J connectivity index is 1.95. The molecule has 3 aromatic rings. The van der Waals surface area contributed by atoms with Crippen LogP contribution in [0.1, 0.15) is 17.0 Å². The molecule has 0 spiro atoms. The van der Waals surface area contributed by atoms with Gasteiger partial charge < -0.3 is 4.57 Å². The lowest BCUT2D eigenvalue weighted by Crippen LogP contribution is -1.99. The highest BCUT2D eigenvalue weighted by Crippen LogP contribution is 2.24. The number of aromatic nitrogens is 1. The zero-order valence-corrected chi connectivity index (χ0v) is 15.6. The van der Waals surface area contributed by atoms with Crippen LogP contribution in [0.15, 0.2) is 58.0 Å². The molecule has 0 fully saturated rings. The minimum absolute atomic E-state index is 0.0741. The topological polar surface area (TPSA) is 17.3 Å². The normalized spacial score (nSPS) is 11.4. The summed E-state index contributed by atoms with van der Waals surface area (Å²) in [6, 6.07) is 14.7. The van der Waals surface area contributed by atoms with Crippen molar-refractivity contribution in [3.63, 3.8) is 0 Å². The molecule has 5 heteroatoms. The molecule has 24 heavy (non-hydrogen) atoms. The summed E-state index contributed by atoms with van der Waals surface area (Å²) in [6.07, 6.45) is 1.78. The van der Waals surface area contributed by atoms with E-state index in [4.69, 9.17) is 11.6 Å². The molecule has 0 saturated heterocycles. The van der Waals surface area contributed by atoms with Gasteiger partial charge in [-0.1, -0.05) is 27.5 Å². The second kappa shape index (κ2) is 6.91. The molecule has 3 rings (SSSR count). The molecule has 0 aliphatic carbocycles. The minimum Gasteiger partial charge on any atom is -0.318 e. The third-order valence-electron chi connectivity index (χ3n) is 3.81. The van der Waals surface area contributed by atoms with Gasteiger partial charge in [0.25, 0.3) is 0 Å². The van der Waals surface area contributed by atoms with Crippen molar-refractivity contribution in [2.75, 3.05) is 0 Å². The molecule has 0 atom stereocenters.